The van der Waals surface area contributed by atoms with Gasteiger partial charge in [-0.3, -0.25) is 0 Å². The normalized spacial score (nSPS) is 10.9. The average molecular weight is 470 g/mol. The molecule has 0 aliphatic rings. The van der Waals surface area contributed by atoms with Crippen molar-refractivity contribution in [3.63, 3.8) is 0 Å². The lowest BCUT2D eigenvalue weighted by atomic mass is 10.0. The quantitative estimate of drug-likeness (QED) is 0.307. The summed E-state index contributed by atoms with van der Waals surface area (Å²) >= 11 is 5.02. The lowest BCUT2D eigenvalue weighted by molar-refractivity contribution is 0.709. The van der Waals surface area contributed by atoms with Gasteiger partial charge >= 0.3 is 0 Å². The molecule has 0 amide bonds. The summed E-state index contributed by atoms with van der Waals surface area (Å²) in [6.45, 7) is 4.54. The molecule has 18 heavy (non-hydrogen) atoms. The second-order valence-corrected chi connectivity index (χ2v) is 7.27. The van der Waals surface area contributed by atoms with Crippen LogP contribution in [-0.4, -0.2) is 0 Å². The molecule has 1 aromatic carbocycles. The van der Waals surface area contributed by atoms with Crippen molar-refractivity contribution in [2.75, 3.05) is 0 Å². The minimum Gasteiger partial charge on any atom is -0.0654 e. The topological polar surface area (TPSA) is 0 Å². The van der Waals surface area contributed by atoms with Crippen LogP contribution in [0.2, 0.25) is 0 Å². The zero-order chi connectivity index (χ0) is 13.4. The molecule has 0 spiro atoms. The summed E-state index contributed by atoms with van der Waals surface area (Å²) < 4.78 is 2.94. The van der Waals surface area contributed by atoms with Crippen molar-refractivity contribution < 1.29 is 0 Å². The maximum Gasteiger partial charge on any atom is 0.0165 e. The van der Waals surface area contributed by atoms with E-state index >= 15 is 0 Å². The van der Waals surface area contributed by atoms with Gasteiger partial charge < -0.3 is 0 Å². The van der Waals surface area contributed by atoms with Crippen molar-refractivity contribution in [3.05, 3.63) is 30.4 Å². The van der Waals surface area contributed by atoms with Gasteiger partial charge in [-0.2, -0.15) is 0 Å². The summed E-state index contributed by atoms with van der Waals surface area (Å²) in [5.74, 6) is 0. The summed E-state index contributed by atoms with van der Waals surface area (Å²) in [4.78, 5) is 0. The Balaban J connectivity index is 2.64. The number of aryl methyl sites for hydroxylation is 2. The molecule has 0 saturated carbocycles. The molecule has 0 unspecified atom stereocenters. The van der Waals surface area contributed by atoms with Crippen molar-refractivity contribution in [2.45, 2.75) is 65.2 Å². The maximum absolute atomic E-state index is 2.51. The van der Waals surface area contributed by atoms with E-state index in [9.17, 15) is 0 Å². The largest absolute Gasteiger partial charge is 0.0654 e. The van der Waals surface area contributed by atoms with Crippen LogP contribution < -0.4 is 0 Å². The number of hydrogen-bond acceptors (Lipinski definition) is 0. The van der Waals surface area contributed by atoms with Gasteiger partial charge in [0.1, 0.15) is 0 Å². The van der Waals surface area contributed by atoms with Crippen molar-refractivity contribution in [1.82, 2.24) is 0 Å². The third-order valence-electron chi connectivity index (χ3n) is 3.31. The van der Waals surface area contributed by atoms with Crippen LogP contribution in [0.5, 0.6) is 0 Å². The first kappa shape index (κ1) is 16.7. The van der Waals surface area contributed by atoms with Crippen LogP contribution in [0.1, 0.15) is 63.5 Å². The fraction of sp³-hybridized carbons (Fsp3) is 0.625. The van der Waals surface area contributed by atoms with Gasteiger partial charge in [0.15, 0.2) is 0 Å². The SMILES string of the molecule is CCCCCc1cc(I)c(CCCCC)cc1I. The van der Waals surface area contributed by atoms with Gasteiger partial charge in [-0.1, -0.05) is 39.5 Å². The predicted molar refractivity (Wildman–Crippen MR) is 98.3 cm³/mol. The summed E-state index contributed by atoms with van der Waals surface area (Å²) in [5, 5.41) is 0. The molecule has 0 saturated heterocycles. The Labute approximate surface area is 140 Å². The molecule has 0 N–H and O–H groups in total. The molecule has 0 aromatic heterocycles. The third kappa shape index (κ3) is 5.76. The number of benzene rings is 1. The highest BCUT2D eigenvalue weighted by molar-refractivity contribution is 14.1. The molecule has 0 fully saturated rings. The molecular formula is C16H24I2. The Morgan fingerprint density at radius 1 is 0.722 bits per heavy atom. The standard InChI is InChI=1S/C16H24I2/c1-3-5-7-9-13-11-16(18)14(12-15(13)17)10-8-6-4-2/h11-12H,3-10H2,1-2H3. The summed E-state index contributed by atoms with van der Waals surface area (Å²) in [6.07, 6.45) is 10.5. The van der Waals surface area contributed by atoms with E-state index in [4.69, 9.17) is 0 Å². The van der Waals surface area contributed by atoms with E-state index in [-0.39, 0.29) is 0 Å². The smallest absolute Gasteiger partial charge is 0.0165 e. The van der Waals surface area contributed by atoms with Crippen LogP contribution in [0, 0.1) is 7.14 Å². The Hall–Kier alpha value is 0.680. The number of rotatable bonds is 8. The Bertz CT molecular complexity index is 323. The van der Waals surface area contributed by atoms with Crippen LogP contribution >= 0.6 is 45.2 Å². The second-order valence-electron chi connectivity index (χ2n) is 4.95. The lowest BCUT2D eigenvalue weighted by Crippen LogP contribution is -1.97. The molecule has 0 bridgehead atoms. The average Bonchev–Trinajstić information content (AvgIpc) is 2.35. The first-order chi connectivity index (χ1) is 8.69. The Morgan fingerprint density at radius 3 is 1.44 bits per heavy atom. The van der Waals surface area contributed by atoms with Gasteiger partial charge in [0, 0.05) is 7.14 Å². The van der Waals surface area contributed by atoms with Gasteiger partial charge in [-0.05, 0) is 94.1 Å². The molecule has 0 heterocycles. The van der Waals surface area contributed by atoms with Crippen molar-refractivity contribution in [3.8, 4) is 0 Å². The molecular weight excluding hydrogens is 446 g/mol. The third-order valence-corrected chi connectivity index (χ3v) is 5.32. The van der Waals surface area contributed by atoms with Gasteiger partial charge in [0.25, 0.3) is 0 Å². The summed E-state index contributed by atoms with van der Waals surface area (Å²) in [5.41, 5.74) is 3.10. The zero-order valence-corrected chi connectivity index (χ0v) is 15.9. The van der Waals surface area contributed by atoms with Gasteiger partial charge in [-0.25, -0.2) is 0 Å². The molecule has 1 rings (SSSR count). The molecule has 0 nitrogen and oxygen atoms in total. The first-order valence-corrected chi connectivity index (χ1v) is 9.31. The number of hydrogen-bond donors (Lipinski definition) is 0. The highest BCUT2D eigenvalue weighted by Gasteiger charge is 2.06. The highest BCUT2D eigenvalue weighted by atomic mass is 127. The molecule has 2 heteroatoms. The Kier molecular flexibility index (Phi) is 8.89. The number of halogens is 2. The van der Waals surface area contributed by atoms with Crippen LogP contribution in [0.25, 0.3) is 0 Å². The van der Waals surface area contributed by atoms with E-state index in [1.165, 1.54) is 58.5 Å². The first-order valence-electron chi connectivity index (χ1n) is 7.15. The van der Waals surface area contributed by atoms with E-state index in [1.807, 2.05) is 0 Å². The van der Waals surface area contributed by atoms with Crippen LogP contribution in [0.15, 0.2) is 12.1 Å². The fourth-order valence-electron chi connectivity index (χ4n) is 2.14. The summed E-state index contributed by atoms with van der Waals surface area (Å²) in [6, 6.07) is 4.83. The minimum atomic E-state index is 1.25. The monoisotopic (exact) mass is 470 g/mol. The van der Waals surface area contributed by atoms with Crippen LogP contribution in [-0.2, 0) is 12.8 Å². The van der Waals surface area contributed by atoms with Gasteiger partial charge in [-0.15, -0.1) is 0 Å². The zero-order valence-electron chi connectivity index (χ0n) is 11.6. The van der Waals surface area contributed by atoms with E-state index in [1.54, 1.807) is 11.1 Å². The van der Waals surface area contributed by atoms with Crippen molar-refractivity contribution in [2.24, 2.45) is 0 Å². The fourth-order valence-corrected chi connectivity index (χ4v) is 3.75. The molecule has 0 atom stereocenters. The van der Waals surface area contributed by atoms with Gasteiger partial charge in [0.2, 0.25) is 0 Å². The molecule has 1 aromatic rings. The highest BCUT2D eigenvalue weighted by Crippen LogP contribution is 2.24. The number of unbranched alkanes of at least 4 members (excludes halogenated alkanes) is 4. The second kappa shape index (κ2) is 9.56. The van der Waals surface area contributed by atoms with E-state index in [2.05, 4.69) is 71.2 Å². The molecule has 102 valence electrons. The van der Waals surface area contributed by atoms with E-state index < -0.39 is 0 Å². The van der Waals surface area contributed by atoms with Crippen LogP contribution in [0.3, 0.4) is 0 Å². The van der Waals surface area contributed by atoms with Crippen LogP contribution in [0.4, 0.5) is 0 Å². The molecule has 0 aliphatic heterocycles. The van der Waals surface area contributed by atoms with Gasteiger partial charge in [0.05, 0.1) is 0 Å². The van der Waals surface area contributed by atoms with Crippen molar-refractivity contribution in [1.29, 1.82) is 0 Å². The Morgan fingerprint density at radius 2 is 1.11 bits per heavy atom. The minimum absolute atomic E-state index is 1.25. The van der Waals surface area contributed by atoms with E-state index in [0.717, 1.165) is 0 Å². The maximum atomic E-state index is 2.51. The summed E-state index contributed by atoms with van der Waals surface area (Å²) in [7, 11) is 0. The molecule has 0 radical (unpaired) electrons. The van der Waals surface area contributed by atoms with Crippen molar-refractivity contribution >= 4 is 45.2 Å². The molecule has 0 aliphatic carbocycles. The lowest BCUT2D eigenvalue weighted by Gasteiger charge is -2.10. The predicted octanol–water partition coefficient (Wildman–Crippen LogP) is 6.36. The van der Waals surface area contributed by atoms with E-state index in [0.29, 0.717) is 0 Å².